The van der Waals surface area contributed by atoms with Crippen LogP contribution < -0.4 is 0 Å². The third-order valence-electron chi connectivity index (χ3n) is 4.74. The topological polar surface area (TPSA) is 33.0 Å². The molecule has 0 bridgehead atoms. The molecular weight excluding hydrogens is 229 g/mol. The Morgan fingerprint density at radius 3 is 2.44 bits per heavy atom. The predicted octanol–water partition coefficient (Wildman–Crippen LogP) is 3.86. The third kappa shape index (κ3) is 3.23. The normalized spacial score (nSPS) is 41.3. The summed E-state index contributed by atoms with van der Waals surface area (Å²) in [6.45, 7) is 2.66. The van der Waals surface area contributed by atoms with Gasteiger partial charge in [0.2, 0.25) is 0 Å². The average Bonchev–Trinajstić information content (AvgIpc) is 2.40. The maximum Gasteiger partial charge on any atom is 0.106 e. The second kappa shape index (κ2) is 6.52. The van der Waals surface area contributed by atoms with Crippen molar-refractivity contribution in [3.05, 3.63) is 0 Å². The second-order valence-electron chi connectivity index (χ2n) is 5.81. The van der Waals surface area contributed by atoms with Crippen LogP contribution in [0.5, 0.6) is 0 Å². The molecule has 0 aliphatic heterocycles. The highest BCUT2D eigenvalue weighted by molar-refractivity contribution is 4.92. The fourth-order valence-corrected chi connectivity index (χ4v) is 3.70. The number of hydrogen-bond donors (Lipinski definition) is 0. The van der Waals surface area contributed by atoms with Crippen molar-refractivity contribution in [1.29, 1.82) is 5.26 Å². The van der Waals surface area contributed by atoms with Gasteiger partial charge in [0.25, 0.3) is 0 Å². The van der Waals surface area contributed by atoms with Crippen molar-refractivity contribution >= 4 is 0 Å². The van der Waals surface area contributed by atoms with Gasteiger partial charge < -0.3 is 4.74 Å². The van der Waals surface area contributed by atoms with Crippen molar-refractivity contribution in [2.75, 3.05) is 6.61 Å². The van der Waals surface area contributed by atoms with Crippen molar-refractivity contribution in [3.8, 4) is 6.07 Å². The van der Waals surface area contributed by atoms with Crippen molar-refractivity contribution in [3.63, 3.8) is 0 Å². The SMILES string of the molecule is CCOC1CCC(C2CCC(C#N)CC2)C(F)C1. The van der Waals surface area contributed by atoms with Crippen LogP contribution in [0.4, 0.5) is 4.39 Å². The number of alkyl halides is 1. The van der Waals surface area contributed by atoms with Crippen molar-refractivity contribution in [2.45, 2.75) is 64.1 Å². The minimum Gasteiger partial charge on any atom is -0.378 e. The van der Waals surface area contributed by atoms with Gasteiger partial charge in [-0.3, -0.25) is 0 Å². The molecule has 0 saturated heterocycles. The maximum atomic E-state index is 14.2. The first-order valence-electron chi connectivity index (χ1n) is 7.39. The van der Waals surface area contributed by atoms with Gasteiger partial charge >= 0.3 is 0 Å². The molecule has 3 heteroatoms. The second-order valence-corrected chi connectivity index (χ2v) is 5.81. The number of ether oxygens (including phenoxy) is 1. The lowest BCUT2D eigenvalue weighted by molar-refractivity contribution is -0.0242. The molecule has 0 aromatic heterocycles. The number of halogens is 1. The highest BCUT2D eigenvalue weighted by Crippen LogP contribution is 2.41. The van der Waals surface area contributed by atoms with E-state index in [1.54, 1.807) is 0 Å². The lowest BCUT2D eigenvalue weighted by Gasteiger charge is -2.38. The fourth-order valence-electron chi connectivity index (χ4n) is 3.70. The van der Waals surface area contributed by atoms with E-state index in [0.717, 1.165) is 38.5 Å². The summed E-state index contributed by atoms with van der Waals surface area (Å²) >= 11 is 0. The van der Waals surface area contributed by atoms with Crippen LogP contribution in [0.25, 0.3) is 0 Å². The monoisotopic (exact) mass is 253 g/mol. The largest absolute Gasteiger partial charge is 0.378 e. The molecule has 2 aliphatic rings. The molecule has 2 rings (SSSR count). The van der Waals surface area contributed by atoms with Crippen LogP contribution in [0.1, 0.15) is 51.9 Å². The number of rotatable bonds is 3. The molecule has 2 fully saturated rings. The van der Waals surface area contributed by atoms with Gasteiger partial charge in [-0.05, 0) is 57.3 Å². The molecule has 0 aromatic carbocycles. The van der Waals surface area contributed by atoms with Crippen molar-refractivity contribution in [2.24, 2.45) is 17.8 Å². The minimum atomic E-state index is -0.695. The van der Waals surface area contributed by atoms with Gasteiger partial charge in [-0.1, -0.05) is 0 Å². The first-order valence-corrected chi connectivity index (χ1v) is 7.39. The highest BCUT2D eigenvalue weighted by atomic mass is 19.1. The lowest BCUT2D eigenvalue weighted by atomic mass is 9.70. The smallest absolute Gasteiger partial charge is 0.106 e. The Bertz CT molecular complexity index is 293. The summed E-state index contributed by atoms with van der Waals surface area (Å²) in [5.74, 6) is 0.951. The summed E-state index contributed by atoms with van der Waals surface area (Å²) in [4.78, 5) is 0. The quantitative estimate of drug-likeness (QED) is 0.765. The van der Waals surface area contributed by atoms with Crippen molar-refractivity contribution in [1.82, 2.24) is 0 Å². The molecule has 0 amide bonds. The predicted molar refractivity (Wildman–Crippen MR) is 68.7 cm³/mol. The summed E-state index contributed by atoms with van der Waals surface area (Å²) in [7, 11) is 0. The first kappa shape index (κ1) is 13.8. The number of nitriles is 1. The van der Waals surface area contributed by atoms with E-state index in [2.05, 4.69) is 6.07 Å². The van der Waals surface area contributed by atoms with Gasteiger partial charge in [-0.15, -0.1) is 0 Å². The van der Waals surface area contributed by atoms with E-state index in [1.807, 2.05) is 6.92 Å². The van der Waals surface area contributed by atoms with Gasteiger partial charge in [-0.2, -0.15) is 5.26 Å². The van der Waals surface area contributed by atoms with Crippen LogP contribution in [0.15, 0.2) is 0 Å². The zero-order valence-electron chi connectivity index (χ0n) is 11.3. The van der Waals surface area contributed by atoms with E-state index in [1.165, 1.54) is 0 Å². The van der Waals surface area contributed by atoms with Gasteiger partial charge in [0.15, 0.2) is 0 Å². The molecule has 0 spiro atoms. The minimum absolute atomic E-state index is 0.136. The molecule has 0 radical (unpaired) electrons. The Kier molecular flexibility index (Phi) is 5.00. The molecule has 102 valence electrons. The maximum absolute atomic E-state index is 14.2. The van der Waals surface area contributed by atoms with E-state index < -0.39 is 6.17 Å². The van der Waals surface area contributed by atoms with E-state index >= 15 is 0 Å². The standard InChI is InChI=1S/C15H24FNO/c1-2-18-13-7-8-14(15(16)9-13)12-5-3-11(10-17)4-6-12/h11-15H,2-9H2,1H3. The Morgan fingerprint density at radius 1 is 1.17 bits per heavy atom. The van der Waals surface area contributed by atoms with E-state index in [9.17, 15) is 4.39 Å². The molecule has 3 unspecified atom stereocenters. The van der Waals surface area contributed by atoms with E-state index in [-0.39, 0.29) is 17.9 Å². The first-order chi connectivity index (χ1) is 8.74. The summed E-state index contributed by atoms with van der Waals surface area (Å²) in [5.41, 5.74) is 0. The van der Waals surface area contributed by atoms with Crippen LogP contribution in [-0.2, 0) is 4.74 Å². The molecule has 0 N–H and O–H groups in total. The molecule has 2 saturated carbocycles. The van der Waals surface area contributed by atoms with Gasteiger partial charge in [0.1, 0.15) is 6.17 Å². The zero-order valence-corrected chi connectivity index (χ0v) is 11.3. The Balaban J connectivity index is 1.82. The molecule has 2 nitrogen and oxygen atoms in total. The fraction of sp³-hybridized carbons (Fsp3) is 0.933. The van der Waals surface area contributed by atoms with Gasteiger partial charge in [0, 0.05) is 18.9 Å². The molecule has 0 heterocycles. The number of hydrogen-bond acceptors (Lipinski definition) is 2. The molecular formula is C15H24FNO. The van der Waals surface area contributed by atoms with Crippen molar-refractivity contribution < 1.29 is 9.13 Å². The number of nitrogens with zero attached hydrogens (tertiary/aromatic N) is 1. The molecule has 18 heavy (non-hydrogen) atoms. The summed E-state index contributed by atoms with van der Waals surface area (Å²) in [6.07, 6.45) is 6.03. The van der Waals surface area contributed by atoms with Crippen LogP contribution in [0, 0.1) is 29.1 Å². The van der Waals surface area contributed by atoms with E-state index in [4.69, 9.17) is 10.00 Å². The molecule has 2 aliphatic carbocycles. The van der Waals surface area contributed by atoms with Crippen LogP contribution in [0.3, 0.4) is 0 Å². The van der Waals surface area contributed by atoms with Crippen LogP contribution in [-0.4, -0.2) is 18.9 Å². The summed E-state index contributed by atoms with van der Waals surface area (Å²) in [5, 5.41) is 8.89. The Labute approximate surface area is 110 Å². The van der Waals surface area contributed by atoms with Gasteiger partial charge in [0.05, 0.1) is 12.2 Å². The van der Waals surface area contributed by atoms with Gasteiger partial charge in [-0.25, -0.2) is 4.39 Å². The van der Waals surface area contributed by atoms with Crippen LogP contribution in [0.2, 0.25) is 0 Å². The Morgan fingerprint density at radius 2 is 1.89 bits per heavy atom. The Hall–Kier alpha value is -0.620. The lowest BCUT2D eigenvalue weighted by Crippen LogP contribution is -2.36. The van der Waals surface area contributed by atoms with Crippen LogP contribution >= 0.6 is 0 Å². The summed E-state index contributed by atoms with van der Waals surface area (Å²) in [6, 6.07) is 2.35. The average molecular weight is 253 g/mol. The third-order valence-corrected chi connectivity index (χ3v) is 4.74. The summed E-state index contributed by atoms with van der Waals surface area (Å²) < 4.78 is 19.8. The van der Waals surface area contributed by atoms with E-state index in [0.29, 0.717) is 18.9 Å². The molecule has 0 aromatic rings. The molecule has 3 atom stereocenters. The zero-order chi connectivity index (χ0) is 13.0. The highest BCUT2D eigenvalue weighted by Gasteiger charge is 2.37.